The lowest BCUT2D eigenvalue weighted by atomic mass is 10.1. The number of carbonyl (C=O) groups excluding carboxylic acids is 1. The Morgan fingerprint density at radius 2 is 1.73 bits per heavy atom. The van der Waals surface area contributed by atoms with Gasteiger partial charge in [0.15, 0.2) is 5.13 Å². The van der Waals surface area contributed by atoms with Crippen molar-refractivity contribution in [1.29, 1.82) is 0 Å². The number of thiazole rings is 1. The zero-order valence-electron chi connectivity index (χ0n) is 17.2. The first-order valence-corrected chi connectivity index (χ1v) is 10.4. The van der Waals surface area contributed by atoms with E-state index in [1.807, 2.05) is 91.8 Å². The molecule has 0 fully saturated rings. The predicted octanol–water partition coefficient (Wildman–Crippen LogP) is 5.22. The fourth-order valence-electron chi connectivity index (χ4n) is 3.19. The summed E-state index contributed by atoms with van der Waals surface area (Å²) >= 11 is 1.49. The maximum Gasteiger partial charge on any atom is 0.260 e. The number of nitrogens with zero attached hydrogens (tertiary/aromatic N) is 3. The minimum atomic E-state index is -0.0739. The summed E-state index contributed by atoms with van der Waals surface area (Å²) < 4.78 is 6.31. The first-order chi connectivity index (χ1) is 14.5. The highest BCUT2D eigenvalue weighted by molar-refractivity contribution is 7.22. The number of hydrogen-bond acceptors (Lipinski definition) is 5. The van der Waals surface area contributed by atoms with Gasteiger partial charge >= 0.3 is 0 Å². The molecule has 30 heavy (non-hydrogen) atoms. The first kappa shape index (κ1) is 19.9. The Kier molecular flexibility index (Phi) is 5.68. The van der Waals surface area contributed by atoms with Crippen LogP contribution in [0.1, 0.15) is 15.9 Å². The maximum absolute atomic E-state index is 13.5. The molecule has 6 heteroatoms. The SMILES string of the molecule is COc1ccc2nc(N(Cc3ccccc3)C(=O)c3ccc(N(C)C)cc3)sc2c1. The van der Waals surface area contributed by atoms with Gasteiger partial charge in [0.25, 0.3) is 5.91 Å². The molecule has 0 atom stereocenters. The van der Waals surface area contributed by atoms with Crippen LogP contribution in [0, 0.1) is 0 Å². The van der Waals surface area contributed by atoms with Gasteiger partial charge in [-0.3, -0.25) is 9.69 Å². The molecule has 0 bridgehead atoms. The highest BCUT2D eigenvalue weighted by atomic mass is 32.1. The highest BCUT2D eigenvalue weighted by Gasteiger charge is 2.22. The van der Waals surface area contributed by atoms with Crippen LogP contribution in [0.25, 0.3) is 10.2 Å². The Morgan fingerprint density at radius 1 is 1.00 bits per heavy atom. The fourth-order valence-corrected chi connectivity index (χ4v) is 4.18. The van der Waals surface area contributed by atoms with E-state index in [-0.39, 0.29) is 5.91 Å². The van der Waals surface area contributed by atoms with E-state index >= 15 is 0 Å². The smallest absolute Gasteiger partial charge is 0.260 e. The molecule has 0 N–H and O–H groups in total. The van der Waals surface area contributed by atoms with Gasteiger partial charge in [-0.05, 0) is 48.0 Å². The van der Waals surface area contributed by atoms with E-state index in [1.165, 1.54) is 11.3 Å². The molecule has 0 unspecified atom stereocenters. The third-order valence-electron chi connectivity index (χ3n) is 4.87. The van der Waals surface area contributed by atoms with Crippen molar-refractivity contribution in [2.45, 2.75) is 6.54 Å². The summed E-state index contributed by atoms with van der Waals surface area (Å²) in [5.41, 5.74) is 3.58. The van der Waals surface area contributed by atoms with E-state index in [4.69, 9.17) is 9.72 Å². The summed E-state index contributed by atoms with van der Waals surface area (Å²) in [6.07, 6.45) is 0. The van der Waals surface area contributed by atoms with Gasteiger partial charge in [0, 0.05) is 25.3 Å². The lowest BCUT2D eigenvalue weighted by Gasteiger charge is -2.21. The molecular formula is C24H23N3O2S. The monoisotopic (exact) mass is 417 g/mol. The summed E-state index contributed by atoms with van der Waals surface area (Å²) in [4.78, 5) is 22.0. The van der Waals surface area contributed by atoms with Gasteiger partial charge in [0.1, 0.15) is 5.75 Å². The second kappa shape index (κ2) is 8.55. The van der Waals surface area contributed by atoms with Crippen LogP contribution in [-0.2, 0) is 6.54 Å². The summed E-state index contributed by atoms with van der Waals surface area (Å²) in [6.45, 7) is 0.450. The first-order valence-electron chi connectivity index (χ1n) is 9.63. The van der Waals surface area contributed by atoms with Crippen molar-refractivity contribution in [1.82, 2.24) is 4.98 Å². The second-order valence-electron chi connectivity index (χ2n) is 7.15. The number of rotatable bonds is 6. The molecule has 0 aliphatic carbocycles. The molecule has 0 spiro atoms. The van der Waals surface area contributed by atoms with Gasteiger partial charge in [-0.25, -0.2) is 4.98 Å². The number of amides is 1. The third-order valence-corrected chi connectivity index (χ3v) is 5.92. The van der Waals surface area contributed by atoms with Crippen LogP contribution in [0.4, 0.5) is 10.8 Å². The van der Waals surface area contributed by atoms with Crippen molar-refractivity contribution >= 4 is 38.3 Å². The minimum absolute atomic E-state index is 0.0739. The number of methoxy groups -OCH3 is 1. The zero-order chi connectivity index (χ0) is 21.1. The Hall–Kier alpha value is -3.38. The van der Waals surface area contributed by atoms with Crippen LogP contribution in [0.15, 0.2) is 72.8 Å². The van der Waals surface area contributed by atoms with Gasteiger partial charge in [-0.15, -0.1) is 0 Å². The van der Waals surface area contributed by atoms with E-state index < -0.39 is 0 Å². The van der Waals surface area contributed by atoms with Crippen LogP contribution in [0.3, 0.4) is 0 Å². The summed E-state index contributed by atoms with van der Waals surface area (Å²) in [7, 11) is 5.60. The highest BCUT2D eigenvalue weighted by Crippen LogP contribution is 2.33. The number of carbonyl (C=O) groups is 1. The Labute approximate surface area is 180 Å². The molecular weight excluding hydrogens is 394 g/mol. The summed E-state index contributed by atoms with van der Waals surface area (Å²) in [5, 5.41) is 0.670. The van der Waals surface area contributed by atoms with Gasteiger partial charge in [0.2, 0.25) is 0 Å². The average Bonchev–Trinajstić information content (AvgIpc) is 3.20. The topological polar surface area (TPSA) is 45.7 Å². The normalized spacial score (nSPS) is 10.8. The van der Waals surface area contributed by atoms with Crippen molar-refractivity contribution in [2.24, 2.45) is 0 Å². The third kappa shape index (κ3) is 4.14. The molecule has 5 nitrogen and oxygen atoms in total. The van der Waals surface area contributed by atoms with E-state index in [1.54, 1.807) is 12.0 Å². The molecule has 0 radical (unpaired) electrons. The van der Waals surface area contributed by atoms with Gasteiger partial charge in [0.05, 0.1) is 23.9 Å². The molecule has 3 aromatic carbocycles. The Bertz CT molecular complexity index is 1150. The Morgan fingerprint density at radius 3 is 2.40 bits per heavy atom. The van der Waals surface area contributed by atoms with Crippen molar-refractivity contribution in [3.8, 4) is 5.75 Å². The molecule has 4 aromatic rings. The van der Waals surface area contributed by atoms with E-state index in [0.717, 1.165) is 27.2 Å². The van der Waals surface area contributed by atoms with E-state index in [2.05, 4.69) is 0 Å². The lowest BCUT2D eigenvalue weighted by molar-refractivity contribution is 0.0985. The predicted molar refractivity (Wildman–Crippen MR) is 124 cm³/mol. The maximum atomic E-state index is 13.5. The van der Waals surface area contributed by atoms with Gasteiger partial charge in [-0.2, -0.15) is 0 Å². The largest absolute Gasteiger partial charge is 0.497 e. The number of anilines is 2. The van der Waals surface area contributed by atoms with E-state index in [0.29, 0.717) is 17.2 Å². The summed E-state index contributed by atoms with van der Waals surface area (Å²) in [6, 6.07) is 23.4. The molecule has 1 heterocycles. The van der Waals surface area contributed by atoms with E-state index in [9.17, 15) is 4.79 Å². The number of hydrogen-bond donors (Lipinski definition) is 0. The lowest BCUT2D eigenvalue weighted by Crippen LogP contribution is -2.30. The van der Waals surface area contributed by atoms with Crippen LogP contribution < -0.4 is 14.5 Å². The molecule has 1 aromatic heterocycles. The molecule has 152 valence electrons. The van der Waals surface area contributed by atoms with Crippen LogP contribution in [0.5, 0.6) is 5.75 Å². The fraction of sp³-hybridized carbons (Fsp3) is 0.167. The van der Waals surface area contributed by atoms with Crippen molar-refractivity contribution in [2.75, 3.05) is 31.0 Å². The second-order valence-corrected chi connectivity index (χ2v) is 8.16. The molecule has 0 saturated carbocycles. The molecule has 0 saturated heterocycles. The number of aromatic nitrogens is 1. The Balaban J connectivity index is 1.73. The molecule has 0 aliphatic heterocycles. The van der Waals surface area contributed by atoms with Crippen LogP contribution >= 0.6 is 11.3 Å². The van der Waals surface area contributed by atoms with Crippen molar-refractivity contribution in [3.05, 3.63) is 83.9 Å². The quantitative estimate of drug-likeness (QED) is 0.432. The molecule has 1 amide bonds. The minimum Gasteiger partial charge on any atom is -0.497 e. The van der Waals surface area contributed by atoms with Crippen LogP contribution in [-0.4, -0.2) is 32.1 Å². The van der Waals surface area contributed by atoms with Gasteiger partial charge < -0.3 is 9.64 Å². The zero-order valence-corrected chi connectivity index (χ0v) is 18.0. The van der Waals surface area contributed by atoms with Crippen molar-refractivity contribution < 1.29 is 9.53 Å². The average molecular weight is 418 g/mol. The standard InChI is InChI=1S/C24H23N3O2S/c1-26(2)19-11-9-18(10-12-19)23(28)27(16-17-7-5-4-6-8-17)24-25-21-14-13-20(29-3)15-22(21)30-24/h4-15H,16H2,1-3H3. The number of benzene rings is 3. The van der Waals surface area contributed by atoms with Gasteiger partial charge in [-0.1, -0.05) is 41.7 Å². The molecule has 4 rings (SSSR count). The number of fused-ring (bicyclic) bond motifs is 1. The molecule has 0 aliphatic rings. The van der Waals surface area contributed by atoms with Crippen molar-refractivity contribution in [3.63, 3.8) is 0 Å². The van der Waals surface area contributed by atoms with Crippen LogP contribution in [0.2, 0.25) is 0 Å². The summed E-state index contributed by atoms with van der Waals surface area (Å²) in [5.74, 6) is 0.702. The number of ether oxygens (including phenoxy) is 1.